The summed E-state index contributed by atoms with van der Waals surface area (Å²) in [6, 6.07) is 0.389. The molecule has 68 valence electrons. The zero-order chi connectivity index (χ0) is 9.42. The SMILES string of the molecule is Cc1nc2cncnc2n1C(C)C. The van der Waals surface area contributed by atoms with Gasteiger partial charge >= 0.3 is 0 Å². The van der Waals surface area contributed by atoms with Gasteiger partial charge in [0.1, 0.15) is 17.7 Å². The molecule has 0 aliphatic carbocycles. The van der Waals surface area contributed by atoms with Crippen molar-refractivity contribution in [3.8, 4) is 0 Å². The van der Waals surface area contributed by atoms with E-state index in [2.05, 4.69) is 33.4 Å². The fraction of sp³-hybridized carbons (Fsp3) is 0.444. The summed E-state index contributed by atoms with van der Waals surface area (Å²) in [5.41, 5.74) is 1.79. The van der Waals surface area contributed by atoms with E-state index in [1.54, 1.807) is 12.5 Å². The summed E-state index contributed by atoms with van der Waals surface area (Å²) in [5, 5.41) is 0. The molecule has 0 saturated carbocycles. The minimum atomic E-state index is 0.389. The maximum absolute atomic E-state index is 4.37. The molecule has 4 nitrogen and oxygen atoms in total. The smallest absolute Gasteiger partial charge is 0.163 e. The Bertz CT molecular complexity index is 430. The van der Waals surface area contributed by atoms with Crippen molar-refractivity contribution in [2.24, 2.45) is 0 Å². The highest BCUT2D eigenvalue weighted by atomic mass is 15.1. The van der Waals surface area contributed by atoms with Crippen molar-refractivity contribution >= 4 is 11.2 Å². The Kier molecular flexibility index (Phi) is 1.76. The number of nitrogens with zero attached hydrogens (tertiary/aromatic N) is 4. The molecule has 0 saturated heterocycles. The summed E-state index contributed by atoms with van der Waals surface area (Å²) in [4.78, 5) is 12.5. The number of hydrogen-bond donors (Lipinski definition) is 0. The lowest BCUT2D eigenvalue weighted by Gasteiger charge is -2.08. The minimum Gasteiger partial charge on any atom is -0.310 e. The van der Waals surface area contributed by atoms with Crippen LogP contribution in [0.1, 0.15) is 25.7 Å². The van der Waals surface area contributed by atoms with E-state index in [1.165, 1.54) is 0 Å². The van der Waals surface area contributed by atoms with Gasteiger partial charge in [0, 0.05) is 6.04 Å². The fourth-order valence-corrected chi connectivity index (χ4v) is 1.58. The molecular formula is C9H12N4. The van der Waals surface area contributed by atoms with Gasteiger partial charge in [0.25, 0.3) is 0 Å². The van der Waals surface area contributed by atoms with Gasteiger partial charge in [-0.3, -0.25) is 0 Å². The fourth-order valence-electron chi connectivity index (χ4n) is 1.58. The third kappa shape index (κ3) is 1.18. The molecule has 13 heavy (non-hydrogen) atoms. The quantitative estimate of drug-likeness (QED) is 0.664. The summed E-state index contributed by atoms with van der Waals surface area (Å²) in [6.45, 7) is 6.23. The summed E-state index contributed by atoms with van der Waals surface area (Å²) in [6.07, 6.45) is 3.30. The van der Waals surface area contributed by atoms with Crippen LogP contribution in [-0.4, -0.2) is 19.5 Å². The first kappa shape index (κ1) is 8.16. The van der Waals surface area contributed by atoms with Crippen LogP contribution in [0.5, 0.6) is 0 Å². The standard InChI is InChI=1S/C9H12N4/c1-6(2)13-7(3)12-8-4-10-5-11-9(8)13/h4-6H,1-3H3. The van der Waals surface area contributed by atoms with Crippen LogP contribution < -0.4 is 0 Å². The van der Waals surface area contributed by atoms with Gasteiger partial charge in [0.05, 0.1) is 6.20 Å². The monoisotopic (exact) mass is 176 g/mol. The van der Waals surface area contributed by atoms with E-state index < -0.39 is 0 Å². The molecule has 0 amide bonds. The molecule has 4 heteroatoms. The molecule has 0 N–H and O–H groups in total. The Balaban J connectivity index is 2.78. The van der Waals surface area contributed by atoms with Crippen LogP contribution in [0.15, 0.2) is 12.5 Å². The van der Waals surface area contributed by atoms with E-state index in [4.69, 9.17) is 0 Å². The number of fused-ring (bicyclic) bond motifs is 1. The summed E-state index contributed by atoms with van der Waals surface area (Å²) < 4.78 is 2.11. The molecule has 0 aliphatic rings. The molecule has 2 heterocycles. The molecule has 2 aromatic heterocycles. The largest absolute Gasteiger partial charge is 0.310 e. The first-order valence-electron chi connectivity index (χ1n) is 4.34. The zero-order valence-electron chi connectivity index (χ0n) is 8.02. The number of aromatic nitrogens is 4. The molecular weight excluding hydrogens is 164 g/mol. The maximum atomic E-state index is 4.37. The highest BCUT2D eigenvalue weighted by Gasteiger charge is 2.09. The predicted octanol–water partition coefficient (Wildman–Crippen LogP) is 1.72. The van der Waals surface area contributed by atoms with Crippen LogP contribution >= 0.6 is 0 Å². The molecule has 0 radical (unpaired) electrons. The van der Waals surface area contributed by atoms with Crippen LogP contribution in [0, 0.1) is 6.92 Å². The van der Waals surface area contributed by atoms with Gasteiger partial charge in [0.15, 0.2) is 5.65 Å². The third-order valence-corrected chi connectivity index (χ3v) is 2.05. The summed E-state index contributed by atoms with van der Waals surface area (Å²) in [7, 11) is 0. The Labute approximate surface area is 76.7 Å². The van der Waals surface area contributed by atoms with Gasteiger partial charge in [-0.2, -0.15) is 0 Å². The first-order chi connectivity index (χ1) is 6.20. The second kappa shape index (κ2) is 2.80. The Morgan fingerprint density at radius 1 is 1.38 bits per heavy atom. The van der Waals surface area contributed by atoms with Gasteiger partial charge in [0.2, 0.25) is 0 Å². The van der Waals surface area contributed by atoms with Crippen LogP contribution in [-0.2, 0) is 0 Å². The molecule has 0 atom stereocenters. The van der Waals surface area contributed by atoms with Crippen molar-refractivity contribution < 1.29 is 0 Å². The van der Waals surface area contributed by atoms with Gasteiger partial charge in [-0.05, 0) is 20.8 Å². The van der Waals surface area contributed by atoms with Gasteiger partial charge < -0.3 is 4.57 Å². The number of rotatable bonds is 1. The van der Waals surface area contributed by atoms with Crippen LogP contribution in [0.3, 0.4) is 0 Å². The van der Waals surface area contributed by atoms with Crippen molar-refractivity contribution in [3.63, 3.8) is 0 Å². The van der Waals surface area contributed by atoms with Gasteiger partial charge in [-0.1, -0.05) is 0 Å². The lowest BCUT2D eigenvalue weighted by molar-refractivity contribution is 0.595. The zero-order valence-corrected chi connectivity index (χ0v) is 8.02. The van der Waals surface area contributed by atoms with Crippen LogP contribution in [0.2, 0.25) is 0 Å². The van der Waals surface area contributed by atoms with Crippen molar-refractivity contribution in [1.82, 2.24) is 19.5 Å². The third-order valence-electron chi connectivity index (χ3n) is 2.05. The molecule has 0 unspecified atom stereocenters. The Hall–Kier alpha value is -1.45. The van der Waals surface area contributed by atoms with Crippen molar-refractivity contribution in [2.45, 2.75) is 26.8 Å². The second-order valence-electron chi connectivity index (χ2n) is 3.35. The predicted molar refractivity (Wildman–Crippen MR) is 50.4 cm³/mol. The maximum Gasteiger partial charge on any atom is 0.163 e. The molecule has 0 spiro atoms. The number of imidazole rings is 1. The van der Waals surface area contributed by atoms with Crippen LogP contribution in [0.25, 0.3) is 11.2 Å². The minimum absolute atomic E-state index is 0.389. The average molecular weight is 176 g/mol. The van der Waals surface area contributed by atoms with E-state index in [1.807, 2.05) is 6.92 Å². The van der Waals surface area contributed by atoms with E-state index in [-0.39, 0.29) is 0 Å². The van der Waals surface area contributed by atoms with Crippen LogP contribution in [0.4, 0.5) is 0 Å². The van der Waals surface area contributed by atoms with Crippen molar-refractivity contribution in [2.75, 3.05) is 0 Å². The first-order valence-corrected chi connectivity index (χ1v) is 4.34. The van der Waals surface area contributed by atoms with Crippen molar-refractivity contribution in [1.29, 1.82) is 0 Å². The summed E-state index contributed by atoms with van der Waals surface area (Å²) >= 11 is 0. The molecule has 2 rings (SSSR count). The average Bonchev–Trinajstić information content (AvgIpc) is 2.39. The molecule has 0 aromatic carbocycles. The van der Waals surface area contributed by atoms with E-state index in [9.17, 15) is 0 Å². The molecule has 0 fully saturated rings. The Morgan fingerprint density at radius 2 is 2.15 bits per heavy atom. The molecule has 2 aromatic rings. The topological polar surface area (TPSA) is 43.6 Å². The molecule has 0 aliphatic heterocycles. The van der Waals surface area contributed by atoms with Gasteiger partial charge in [-0.15, -0.1) is 0 Å². The normalized spacial score (nSPS) is 11.4. The second-order valence-corrected chi connectivity index (χ2v) is 3.35. The Morgan fingerprint density at radius 3 is 2.85 bits per heavy atom. The highest BCUT2D eigenvalue weighted by molar-refractivity contribution is 5.70. The molecule has 0 bridgehead atoms. The highest BCUT2D eigenvalue weighted by Crippen LogP contribution is 2.16. The lowest BCUT2D eigenvalue weighted by atomic mass is 10.4. The summed E-state index contributed by atoms with van der Waals surface area (Å²) in [5.74, 6) is 0.991. The number of aryl methyl sites for hydroxylation is 1. The van der Waals surface area contributed by atoms with Crippen molar-refractivity contribution in [3.05, 3.63) is 18.3 Å². The lowest BCUT2D eigenvalue weighted by Crippen LogP contribution is -2.03. The van der Waals surface area contributed by atoms with E-state index in [0.717, 1.165) is 17.0 Å². The van der Waals surface area contributed by atoms with Gasteiger partial charge in [-0.25, -0.2) is 15.0 Å². The van der Waals surface area contributed by atoms with E-state index in [0.29, 0.717) is 6.04 Å². The number of hydrogen-bond acceptors (Lipinski definition) is 3. The van der Waals surface area contributed by atoms with E-state index >= 15 is 0 Å².